The highest BCUT2D eigenvalue weighted by atomic mass is 35.5. The maximum absolute atomic E-state index is 12.2. The zero-order chi connectivity index (χ0) is 20.0. The third-order valence-corrected chi connectivity index (χ3v) is 6.04. The van der Waals surface area contributed by atoms with Gasteiger partial charge in [-0.1, -0.05) is 11.6 Å². The lowest BCUT2D eigenvalue weighted by molar-refractivity contribution is 0.0186. The van der Waals surface area contributed by atoms with Crippen molar-refractivity contribution < 1.29 is 22.6 Å². The Hall–Kier alpha value is -1.65. The molecule has 2 atom stereocenters. The number of hydrogen-bond donors (Lipinski definition) is 1. The van der Waals surface area contributed by atoms with Crippen molar-refractivity contribution in [3.63, 3.8) is 0 Å². The molecular weight excluding hydrogens is 406 g/mol. The second kappa shape index (κ2) is 9.71. The van der Waals surface area contributed by atoms with Crippen LogP contribution in [0.15, 0.2) is 36.7 Å². The number of methoxy groups -OCH3 is 1. The highest BCUT2D eigenvalue weighted by Crippen LogP contribution is 2.20. The molecule has 0 bridgehead atoms. The van der Waals surface area contributed by atoms with E-state index < -0.39 is 10.0 Å². The molecule has 0 amide bonds. The summed E-state index contributed by atoms with van der Waals surface area (Å²) >= 11 is 5.89. The fourth-order valence-electron chi connectivity index (χ4n) is 2.94. The van der Waals surface area contributed by atoms with Crippen molar-refractivity contribution >= 4 is 21.6 Å². The van der Waals surface area contributed by atoms with E-state index in [2.05, 4.69) is 9.82 Å². The van der Waals surface area contributed by atoms with E-state index in [1.807, 2.05) is 24.3 Å². The Bertz CT molecular complexity index is 856. The van der Waals surface area contributed by atoms with Crippen molar-refractivity contribution in [2.24, 2.45) is 5.92 Å². The molecule has 2 heterocycles. The molecule has 1 saturated heterocycles. The molecule has 1 fully saturated rings. The summed E-state index contributed by atoms with van der Waals surface area (Å²) in [5, 5.41) is 4.72. The van der Waals surface area contributed by atoms with Crippen LogP contribution in [0.5, 0.6) is 5.75 Å². The summed E-state index contributed by atoms with van der Waals surface area (Å²) in [6.07, 6.45) is 3.90. The number of rotatable bonds is 9. The van der Waals surface area contributed by atoms with Crippen LogP contribution < -0.4 is 9.46 Å². The number of nitrogens with zero attached hydrogens (tertiary/aromatic N) is 2. The fourth-order valence-corrected chi connectivity index (χ4v) is 4.35. The van der Waals surface area contributed by atoms with Crippen molar-refractivity contribution in [1.82, 2.24) is 14.5 Å². The van der Waals surface area contributed by atoms with Gasteiger partial charge in [0, 0.05) is 31.9 Å². The van der Waals surface area contributed by atoms with Gasteiger partial charge in [-0.3, -0.25) is 0 Å². The van der Waals surface area contributed by atoms with E-state index in [1.54, 1.807) is 17.1 Å². The number of aromatic nitrogens is 2. The molecule has 10 heteroatoms. The second-order valence-corrected chi connectivity index (χ2v) is 8.88. The van der Waals surface area contributed by atoms with Gasteiger partial charge in [0.25, 0.3) is 0 Å². The molecule has 154 valence electrons. The number of ether oxygens (including phenoxy) is 3. The van der Waals surface area contributed by atoms with Crippen molar-refractivity contribution in [3.8, 4) is 11.4 Å². The summed E-state index contributed by atoms with van der Waals surface area (Å²) in [4.78, 5) is 0. The van der Waals surface area contributed by atoms with Crippen molar-refractivity contribution in [1.29, 1.82) is 0 Å². The maximum atomic E-state index is 12.2. The molecule has 0 unspecified atom stereocenters. The number of halogens is 1. The number of nitrogens with one attached hydrogen (secondary N) is 1. The predicted molar refractivity (Wildman–Crippen MR) is 106 cm³/mol. The Balaban J connectivity index is 1.57. The van der Waals surface area contributed by atoms with E-state index in [4.69, 9.17) is 25.8 Å². The van der Waals surface area contributed by atoms with Crippen LogP contribution in [-0.4, -0.2) is 63.5 Å². The maximum Gasteiger partial charge on any atom is 0.214 e. The number of hydrogen-bond acceptors (Lipinski definition) is 6. The Morgan fingerprint density at radius 1 is 1.36 bits per heavy atom. The molecule has 1 aliphatic rings. The fraction of sp³-hybridized carbons (Fsp3) is 0.500. The zero-order valence-electron chi connectivity index (χ0n) is 15.6. The average molecular weight is 430 g/mol. The molecule has 1 aliphatic heterocycles. The Kier molecular flexibility index (Phi) is 7.30. The smallest absolute Gasteiger partial charge is 0.214 e. The van der Waals surface area contributed by atoms with E-state index in [0.717, 1.165) is 5.69 Å². The molecule has 1 N–H and O–H groups in total. The van der Waals surface area contributed by atoms with Crippen molar-refractivity contribution in [3.05, 3.63) is 41.7 Å². The highest BCUT2D eigenvalue weighted by Gasteiger charge is 2.30. The lowest BCUT2D eigenvalue weighted by Crippen LogP contribution is -2.48. The lowest BCUT2D eigenvalue weighted by atomic mass is 9.98. The summed E-state index contributed by atoms with van der Waals surface area (Å²) in [5.74, 6) is 0.553. The molecule has 0 radical (unpaired) electrons. The van der Waals surface area contributed by atoms with Crippen LogP contribution >= 0.6 is 11.6 Å². The predicted octanol–water partition coefficient (Wildman–Crippen LogP) is 1.88. The quantitative estimate of drug-likeness (QED) is 0.654. The summed E-state index contributed by atoms with van der Waals surface area (Å²) in [6, 6.07) is 7.21. The molecular formula is C18H24ClN3O5S. The standard InChI is InChI=1S/C18H24ClN3O5S/c1-25-8-9-28(23,24)21-18-6-7-26-12-14(18)13-27-17-4-2-16(3-5-17)22-11-15(19)10-20-22/h2-5,10-11,14,18,21H,6-9,12-13H2,1H3/t14-,18+/m1/s1. The third-order valence-electron chi connectivity index (χ3n) is 4.48. The van der Waals surface area contributed by atoms with Gasteiger partial charge in [0.1, 0.15) is 5.75 Å². The van der Waals surface area contributed by atoms with Crippen LogP contribution in [0.25, 0.3) is 5.69 Å². The van der Waals surface area contributed by atoms with Gasteiger partial charge in [-0.15, -0.1) is 0 Å². The Morgan fingerprint density at radius 2 is 2.14 bits per heavy atom. The first kappa shape index (κ1) is 21.1. The summed E-state index contributed by atoms with van der Waals surface area (Å²) < 4.78 is 45.0. The van der Waals surface area contributed by atoms with Crippen LogP contribution in [0, 0.1) is 5.92 Å². The van der Waals surface area contributed by atoms with E-state index in [-0.39, 0.29) is 24.3 Å². The van der Waals surface area contributed by atoms with E-state index in [9.17, 15) is 8.42 Å². The largest absolute Gasteiger partial charge is 0.493 e. The molecule has 0 spiro atoms. The molecule has 8 nitrogen and oxygen atoms in total. The minimum absolute atomic E-state index is 0.0622. The van der Waals surface area contributed by atoms with Gasteiger partial charge in [-0.2, -0.15) is 5.10 Å². The SMILES string of the molecule is COCCS(=O)(=O)N[C@H]1CCOC[C@@H]1COc1ccc(-n2cc(Cl)cn2)cc1. The molecule has 3 rings (SSSR count). The molecule has 1 aromatic heterocycles. The highest BCUT2D eigenvalue weighted by molar-refractivity contribution is 7.89. The van der Waals surface area contributed by atoms with Crippen LogP contribution in [0.2, 0.25) is 5.02 Å². The molecule has 0 saturated carbocycles. The topological polar surface area (TPSA) is 91.7 Å². The second-order valence-electron chi connectivity index (χ2n) is 6.57. The zero-order valence-corrected chi connectivity index (χ0v) is 17.2. The molecule has 0 aliphatic carbocycles. The van der Waals surface area contributed by atoms with Crippen LogP contribution in [0.1, 0.15) is 6.42 Å². The molecule has 1 aromatic carbocycles. The number of benzene rings is 1. The third kappa shape index (κ3) is 5.92. The molecule has 2 aromatic rings. The Morgan fingerprint density at radius 3 is 2.82 bits per heavy atom. The van der Waals surface area contributed by atoms with E-state index in [1.165, 1.54) is 7.11 Å². The van der Waals surface area contributed by atoms with Gasteiger partial charge < -0.3 is 14.2 Å². The van der Waals surface area contributed by atoms with Gasteiger partial charge in [0.05, 0.1) is 42.5 Å². The first-order valence-corrected chi connectivity index (χ1v) is 11.0. The van der Waals surface area contributed by atoms with Gasteiger partial charge >= 0.3 is 0 Å². The first-order valence-electron chi connectivity index (χ1n) is 8.97. The van der Waals surface area contributed by atoms with Crippen LogP contribution in [-0.2, 0) is 19.5 Å². The van der Waals surface area contributed by atoms with Gasteiger partial charge in [0.2, 0.25) is 10.0 Å². The van der Waals surface area contributed by atoms with Gasteiger partial charge in [-0.05, 0) is 30.7 Å². The normalized spacial score (nSPS) is 20.2. The monoisotopic (exact) mass is 429 g/mol. The van der Waals surface area contributed by atoms with Crippen LogP contribution in [0.3, 0.4) is 0 Å². The van der Waals surface area contributed by atoms with Crippen molar-refractivity contribution in [2.75, 3.05) is 39.3 Å². The summed E-state index contributed by atoms with van der Waals surface area (Å²) in [6.45, 7) is 1.48. The summed E-state index contributed by atoms with van der Waals surface area (Å²) in [5.41, 5.74) is 0.865. The van der Waals surface area contributed by atoms with Crippen LogP contribution in [0.4, 0.5) is 0 Å². The van der Waals surface area contributed by atoms with Crippen molar-refractivity contribution in [2.45, 2.75) is 12.5 Å². The first-order chi connectivity index (χ1) is 13.5. The minimum Gasteiger partial charge on any atom is -0.493 e. The molecule has 28 heavy (non-hydrogen) atoms. The summed E-state index contributed by atoms with van der Waals surface area (Å²) in [7, 11) is -1.92. The average Bonchev–Trinajstić information content (AvgIpc) is 3.12. The minimum atomic E-state index is -3.40. The van der Waals surface area contributed by atoms with E-state index in [0.29, 0.717) is 37.0 Å². The number of sulfonamides is 1. The van der Waals surface area contributed by atoms with Gasteiger partial charge in [-0.25, -0.2) is 17.8 Å². The van der Waals surface area contributed by atoms with Gasteiger partial charge in [0.15, 0.2) is 0 Å². The van der Waals surface area contributed by atoms with E-state index >= 15 is 0 Å². The Labute approximate surface area is 169 Å². The lowest BCUT2D eigenvalue weighted by Gasteiger charge is -2.31.